The third-order valence-corrected chi connectivity index (χ3v) is 9.97. The first-order valence-corrected chi connectivity index (χ1v) is 14.9. The minimum absolute atomic E-state index is 0.315. The molecule has 2 aromatic rings. The molecule has 1 spiro atoms. The third kappa shape index (κ3) is 4.22. The fourth-order valence-electron chi connectivity index (χ4n) is 7.82. The second-order valence-corrected chi connectivity index (χ2v) is 12.8. The number of ketones is 1. The molecule has 3 fully saturated rings. The summed E-state index contributed by atoms with van der Waals surface area (Å²) in [5.74, 6) is 2.91. The molecule has 0 radical (unpaired) electrons. The number of likely N-dealkylation sites (N-methyl/N-ethyl adjacent to an activating group) is 1. The summed E-state index contributed by atoms with van der Waals surface area (Å²) in [6.45, 7) is 5.21. The normalized spacial score (nSPS) is 33.2. The standard InChI is InChI=1S/C29H41N7O3/c1-28(38)11-7-15-35(18-28)26-21-16-30-36(17-19-8-6-14-34(19)2)27(21)32-25(31-26)23-20-9-5-13-29(24(20)39-33-23)12-4-3-10-22(29)37/h16,19,25,32,38H,3-15,17-18H2,1-2H3/t19-,25?,28+,29+/m0/s1. The van der Waals surface area contributed by atoms with E-state index < -0.39 is 17.2 Å². The number of Topliss-reactive ketones (excluding diaryl/α,β-unsaturated/α-hetero) is 1. The van der Waals surface area contributed by atoms with E-state index in [9.17, 15) is 9.90 Å². The van der Waals surface area contributed by atoms with Gasteiger partial charge in [0.15, 0.2) is 11.9 Å². The molecule has 10 nitrogen and oxygen atoms in total. The highest BCUT2D eigenvalue weighted by molar-refractivity contribution is 6.04. The Hall–Kier alpha value is -2.72. The van der Waals surface area contributed by atoms with Crippen molar-refractivity contribution in [3.05, 3.63) is 28.8 Å². The van der Waals surface area contributed by atoms with Crippen LogP contribution in [0.5, 0.6) is 0 Å². The predicted octanol–water partition coefficient (Wildman–Crippen LogP) is 3.40. The van der Waals surface area contributed by atoms with E-state index in [2.05, 4.69) is 32.0 Å². The fourth-order valence-corrected chi connectivity index (χ4v) is 7.82. The number of aliphatic hydroxyl groups is 1. The maximum Gasteiger partial charge on any atom is 0.169 e. The fraction of sp³-hybridized carbons (Fsp3) is 0.724. The number of likely N-dealkylation sites (tertiary alicyclic amines) is 2. The van der Waals surface area contributed by atoms with E-state index in [-0.39, 0.29) is 0 Å². The average Bonchev–Trinajstić information content (AvgIpc) is 3.64. The van der Waals surface area contributed by atoms with Gasteiger partial charge in [-0.1, -0.05) is 11.6 Å². The van der Waals surface area contributed by atoms with Gasteiger partial charge in [0.25, 0.3) is 0 Å². The highest BCUT2D eigenvalue weighted by Gasteiger charge is 2.49. The number of hydrogen-bond donors (Lipinski definition) is 2. The van der Waals surface area contributed by atoms with Crippen molar-refractivity contribution >= 4 is 17.4 Å². The van der Waals surface area contributed by atoms with Crippen LogP contribution in [0.1, 0.15) is 99.9 Å². The van der Waals surface area contributed by atoms with Gasteiger partial charge >= 0.3 is 0 Å². The van der Waals surface area contributed by atoms with Crippen molar-refractivity contribution in [1.29, 1.82) is 0 Å². The number of carbonyl (C=O) groups is 1. The van der Waals surface area contributed by atoms with Crippen LogP contribution in [0.25, 0.3) is 0 Å². The SMILES string of the molecule is CN1CCC[C@H]1Cn1ncc2c1NC(c1noc3c1CCC[C@@]31CCCCC1=O)N=C2N1CCC[C@@](C)(O)C1. The van der Waals surface area contributed by atoms with Crippen LogP contribution in [0.2, 0.25) is 0 Å². The van der Waals surface area contributed by atoms with Crippen LogP contribution >= 0.6 is 0 Å². The summed E-state index contributed by atoms with van der Waals surface area (Å²) in [6, 6.07) is 0.448. The topological polar surface area (TPSA) is 112 Å². The minimum atomic E-state index is -0.759. The number of aliphatic imine (C=N–C) groups is 1. The minimum Gasteiger partial charge on any atom is -0.388 e. The van der Waals surface area contributed by atoms with Crippen molar-refractivity contribution in [2.24, 2.45) is 4.99 Å². The van der Waals surface area contributed by atoms with Crippen LogP contribution < -0.4 is 5.32 Å². The van der Waals surface area contributed by atoms with Gasteiger partial charge in [-0.25, -0.2) is 9.67 Å². The van der Waals surface area contributed by atoms with Crippen molar-refractivity contribution in [1.82, 2.24) is 24.7 Å². The number of nitrogens with zero attached hydrogens (tertiary/aromatic N) is 6. The van der Waals surface area contributed by atoms with E-state index in [0.29, 0.717) is 24.8 Å². The lowest BCUT2D eigenvalue weighted by molar-refractivity contribution is -0.128. The number of nitrogens with one attached hydrogen (secondary N) is 1. The van der Waals surface area contributed by atoms with Crippen LogP contribution in [0.4, 0.5) is 5.82 Å². The molecule has 5 aliphatic rings. The van der Waals surface area contributed by atoms with Gasteiger partial charge in [-0.15, -0.1) is 0 Å². The number of piperidine rings is 1. The molecule has 1 saturated carbocycles. The Morgan fingerprint density at radius 2 is 2.00 bits per heavy atom. The molecule has 2 aromatic heterocycles. The monoisotopic (exact) mass is 535 g/mol. The summed E-state index contributed by atoms with van der Waals surface area (Å²) < 4.78 is 8.16. The highest BCUT2D eigenvalue weighted by Crippen LogP contribution is 2.48. The number of rotatable bonds is 3. The Labute approximate surface area is 229 Å². The van der Waals surface area contributed by atoms with Crippen LogP contribution in [-0.2, 0) is 23.2 Å². The molecule has 1 unspecified atom stereocenters. The number of hydrogen-bond acceptors (Lipinski definition) is 9. The maximum absolute atomic E-state index is 13.2. The van der Waals surface area contributed by atoms with E-state index in [1.165, 1.54) is 6.42 Å². The number of β-amino-alcohol motifs (C(OH)–C–C–N with tert-alkyl or cyclic N) is 1. The largest absolute Gasteiger partial charge is 0.388 e. The molecule has 10 heteroatoms. The zero-order chi connectivity index (χ0) is 26.8. The van der Waals surface area contributed by atoms with Crippen molar-refractivity contribution in [2.75, 3.05) is 32.0 Å². The van der Waals surface area contributed by atoms with Crippen LogP contribution in [0.3, 0.4) is 0 Å². The molecule has 2 saturated heterocycles. The molecular formula is C29H41N7O3. The number of aromatic nitrogens is 3. The molecule has 5 heterocycles. The smallest absolute Gasteiger partial charge is 0.169 e. The molecule has 7 rings (SSSR count). The number of fused-ring (bicyclic) bond motifs is 3. The van der Waals surface area contributed by atoms with E-state index in [1.807, 2.05) is 13.1 Å². The molecule has 3 aliphatic heterocycles. The lowest BCUT2D eigenvalue weighted by Crippen LogP contribution is -2.49. The van der Waals surface area contributed by atoms with Gasteiger partial charge in [0.1, 0.15) is 23.1 Å². The van der Waals surface area contributed by atoms with Crippen molar-refractivity contribution in [3.8, 4) is 0 Å². The quantitative estimate of drug-likeness (QED) is 0.615. The van der Waals surface area contributed by atoms with Crippen LogP contribution in [0.15, 0.2) is 15.7 Å². The Kier molecular flexibility index (Phi) is 6.11. The Morgan fingerprint density at radius 3 is 2.79 bits per heavy atom. The molecule has 0 bridgehead atoms. The molecule has 0 amide bonds. The average molecular weight is 536 g/mol. The third-order valence-electron chi connectivity index (χ3n) is 9.97. The number of amidine groups is 1. The number of anilines is 1. The molecular weight excluding hydrogens is 494 g/mol. The van der Waals surface area contributed by atoms with Gasteiger partial charge in [0, 0.05) is 31.1 Å². The first-order chi connectivity index (χ1) is 18.8. The van der Waals surface area contributed by atoms with Crippen molar-refractivity contribution in [3.63, 3.8) is 0 Å². The first kappa shape index (κ1) is 25.3. The van der Waals surface area contributed by atoms with Crippen LogP contribution in [-0.4, -0.2) is 79.8 Å². The second-order valence-electron chi connectivity index (χ2n) is 12.8. The highest BCUT2D eigenvalue weighted by atomic mass is 16.5. The van der Waals surface area contributed by atoms with Gasteiger partial charge in [-0.05, 0) is 78.3 Å². The van der Waals surface area contributed by atoms with E-state index in [1.54, 1.807) is 0 Å². The van der Waals surface area contributed by atoms with Gasteiger partial charge in [0.2, 0.25) is 0 Å². The zero-order valence-corrected chi connectivity index (χ0v) is 23.3. The predicted molar refractivity (Wildman–Crippen MR) is 147 cm³/mol. The summed E-state index contributed by atoms with van der Waals surface area (Å²) in [4.78, 5) is 23.1. The second kappa shape index (κ2) is 9.44. The Morgan fingerprint density at radius 1 is 1.13 bits per heavy atom. The molecule has 0 aromatic carbocycles. The van der Waals surface area contributed by atoms with Gasteiger partial charge < -0.3 is 24.7 Å². The summed E-state index contributed by atoms with van der Waals surface area (Å²) in [5, 5.41) is 24.0. The van der Waals surface area contributed by atoms with Gasteiger partial charge in [0.05, 0.1) is 29.3 Å². The van der Waals surface area contributed by atoms with E-state index in [0.717, 1.165) is 112 Å². The van der Waals surface area contributed by atoms with Crippen molar-refractivity contribution < 1.29 is 14.4 Å². The van der Waals surface area contributed by atoms with Crippen molar-refractivity contribution in [2.45, 2.75) is 107 Å². The Bertz CT molecular complexity index is 1300. The van der Waals surface area contributed by atoms with E-state index in [4.69, 9.17) is 14.6 Å². The summed E-state index contributed by atoms with van der Waals surface area (Å²) in [5.41, 5.74) is 1.56. The first-order valence-electron chi connectivity index (χ1n) is 14.9. The Balaban J connectivity index is 1.28. The number of carbonyl (C=O) groups excluding carboxylic acids is 1. The molecule has 2 N–H and O–H groups in total. The lowest BCUT2D eigenvalue weighted by atomic mass is 9.64. The zero-order valence-electron chi connectivity index (χ0n) is 23.3. The summed E-state index contributed by atoms with van der Waals surface area (Å²) in [7, 11) is 2.19. The lowest BCUT2D eigenvalue weighted by Gasteiger charge is -2.40. The maximum atomic E-state index is 13.2. The molecule has 39 heavy (non-hydrogen) atoms. The molecule has 210 valence electrons. The van der Waals surface area contributed by atoms with E-state index >= 15 is 0 Å². The van der Waals surface area contributed by atoms with Gasteiger partial charge in [-0.2, -0.15) is 5.10 Å². The van der Waals surface area contributed by atoms with Gasteiger partial charge in [-0.3, -0.25) is 4.79 Å². The summed E-state index contributed by atoms with van der Waals surface area (Å²) in [6.07, 6.45) is 11.7. The molecule has 4 atom stereocenters. The summed E-state index contributed by atoms with van der Waals surface area (Å²) >= 11 is 0. The molecule has 2 aliphatic carbocycles. The van der Waals surface area contributed by atoms with Crippen LogP contribution in [0, 0.1) is 0 Å².